The Hall–Kier alpha value is -1.91. The molecule has 3 rings (SSSR count). The Balaban J connectivity index is 1.74. The van der Waals surface area contributed by atoms with Crippen LogP contribution < -0.4 is 0 Å². The normalized spacial score (nSPS) is 21.4. The molecule has 1 saturated heterocycles. The third-order valence-corrected chi connectivity index (χ3v) is 4.74. The maximum Gasteiger partial charge on any atom is 0.227 e. The molecule has 1 amide bonds. The second-order valence-corrected chi connectivity index (χ2v) is 7.20. The average molecular weight is 326 g/mol. The fraction of sp³-hybridized carbons (Fsp3) is 0.450. The van der Waals surface area contributed by atoms with Gasteiger partial charge in [-0.05, 0) is 43.3 Å². The molecule has 128 valence electrons. The number of carbonyl (C=O) groups is 1. The minimum absolute atomic E-state index is 0.100. The molecule has 2 aromatic carbocycles. The highest BCUT2D eigenvalue weighted by atomic mass is 16.3. The van der Waals surface area contributed by atoms with Crippen molar-refractivity contribution in [3.63, 3.8) is 0 Å². The standard InChI is InChI=1S/C20H26N2O2/c1-21(2)14-20(24)11-6-12-22(15-20)19(23)13-17-9-5-8-16-7-3-4-10-18(16)17/h3-5,7-10,24H,6,11-15H2,1-2H3/t20-/m0/s1. The second-order valence-electron chi connectivity index (χ2n) is 7.20. The van der Waals surface area contributed by atoms with Gasteiger partial charge in [0, 0.05) is 13.1 Å². The van der Waals surface area contributed by atoms with Gasteiger partial charge in [-0.2, -0.15) is 0 Å². The van der Waals surface area contributed by atoms with Crippen molar-refractivity contribution in [1.29, 1.82) is 0 Å². The van der Waals surface area contributed by atoms with Gasteiger partial charge in [0.25, 0.3) is 0 Å². The summed E-state index contributed by atoms with van der Waals surface area (Å²) in [5, 5.41) is 13.1. The van der Waals surface area contributed by atoms with E-state index in [4.69, 9.17) is 0 Å². The number of carbonyl (C=O) groups excluding carboxylic acids is 1. The van der Waals surface area contributed by atoms with Gasteiger partial charge in [0.15, 0.2) is 0 Å². The smallest absolute Gasteiger partial charge is 0.227 e. The lowest BCUT2D eigenvalue weighted by molar-refractivity contribution is -0.138. The summed E-state index contributed by atoms with van der Waals surface area (Å²) in [7, 11) is 3.91. The molecule has 0 bridgehead atoms. The average Bonchev–Trinajstić information content (AvgIpc) is 2.54. The predicted molar refractivity (Wildman–Crippen MR) is 97.0 cm³/mol. The van der Waals surface area contributed by atoms with E-state index in [9.17, 15) is 9.90 Å². The molecule has 1 aliphatic rings. The van der Waals surface area contributed by atoms with E-state index in [-0.39, 0.29) is 5.91 Å². The van der Waals surface area contributed by atoms with E-state index in [1.54, 1.807) is 0 Å². The van der Waals surface area contributed by atoms with E-state index < -0.39 is 5.60 Å². The van der Waals surface area contributed by atoms with Gasteiger partial charge in [0.1, 0.15) is 0 Å². The predicted octanol–water partition coefficient (Wildman–Crippen LogP) is 2.30. The molecule has 1 heterocycles. The number of rotatable bonds is 4. The van der Waals surface area contributed by atoms with Crippen LogP contribution >= 0.6 is 0 Å². The molecule has 24 heavy (non-hydrogen) atoms. The second kappa shape index (κ2) is 6.91. The van der Waals surface area contributed by atoms with Crippen LogP contribution in [0.2, 0.25) is 0 Å². The highest BCUT2D eigenvalue weighted by Crippen LogP contribution is 2.24. The lowest BCUT2D eigenvalue weighted by Crippen LogP contribution is -2.55. The Morgan fingerprint density at radius 3 is 2.75 bits per heavy atom. The molecule has 0 unspecified atom stereocenters. The minimum Gasteiger partial charge on any atom is -0.387 e. The van der Waals surface area contributed by atoms with Crippen LogP contribution in [0, 0.1) is 0 Å². The maximum absolute atomic E-state index is 12.8. The van der Waals surface area contributed by atoms with E-state index in [0.717, 1.165) is 35.7 Å². The van der Waals surface area contributed by atoms with Gasteiger partial charge < -0.3 is 14.9 Å². The number of fused-ring (bicyclic) bond motifs is 1. The van der Waals surface area contributed by atoms with Crippen molar-refractivity contribution in [2.24, 2.45) is 0 Å². The van der Waals surface area contributed by atoms with Crippen molar-refractivity contribution in [2.75, 3.05) is 33.7 Å². The van der Waals surface area contributed by atoms with Crippen molar-refractivity contribution in [1.82, 2.24) is 9.80 Å². The van der Waals surface area contributed by atoms with Gasteiger partial charge >= 0.3 is 0 Å². The summed E-state index contributed by atoms with van der Waals surface area (Å²) in [6.45, 7) is 1.75. The molecule has 4 heteroatoms. The van der Waals surface area contributed by atoms with Crippen LogP contribution in [0.3, 0.4) is 0 Å². The van der Waals surface area contributed by atoms with Crippen LogP contribution in [0.25, 0.3) is 10.8 Å². The summed E-state index contributed by atoms with van der Waals surface area (Å²) in [4.78, 5) is 16.6. The summed E-state index contributed by atoms with van der Waals surface area (Å²) in [5.74, 6) is 0.100. The van der Waals surface area contributed by atoms with E-state index in [1.165, 1.54) is 0 Å². The Morgan fingerprint density at radius 2 is 1.96 bits per heavy atom. The van der Waals surface area contributed by atoms with E-state index in [1.807, 2.05) is 48.2 Å². The highest BCUT2D eigenvalue weighted by molar-refractivity contribution is 5.90. The zero-order valence-corrected chi connectivity index (χ0v) is 14.5. The number of benzene rings is 2. The van der Waals surface area contributed by atoms with Crippen molar-refractivity contribution in [3.05, 3.63) is 48.0 Å². The van der Waals surface area contributed by atoms with Crippen molar-refractivity contribution in [2.45, 2.75) is 24.9 Å². The lowest BCUT2D eigenvalue weighted by Gasteiger charge is -2.40. The largest absolute Gasteiger partial charge is 0.387 e. The summed E-state index contributed by atoms with van der Waals surface area (Å²) in [5.41, 5.74) is 0.260. The molecule has 1 fully saturated rings. The van der Waals surface area contributed by atoms with Crippen LogP contribution in [0.5, 0.6) is 0 Å². The van der Waals surface area contributed by atoms with Gasteiger partial charge in [0.05, 0.1) is 18.6 Å². The molecule has 4 nitrogen and oxygen atoms in total. The third kappa shape index (κ3) is 3.77. The number of piperidine rings is 1. The van der Waals surface area contributed by atoms with Gasteiger partial charge in [-0.15, -0.1) is 0 Å². The monoisotopic (exact) mass is 326 g/mol. The molecular formula is C20H26N2O2. The number of hydrogen-bond acceptors (Lipinski definition) is 3. The van der Waals surface area contributed by atoms with Crippen LogP contribution in [0.15, 0.2) is 42.5 Å². The Morgan fingerprint density at radius 1 is 1.21 bits per heavy atom. The lowest BCUT2D eigenvalue weighted by atomic mass is 9.91. The molecule has 0 aromatic heterocycles. The molecule has 2 aromatic rings. The van der Waals surface area contributed by atoms with Crippen LogP contribution in [0.1, 0.15) is 18.4 Å². The van der Waals surface area contributed by atoms with E-state index in [2.05, 4.69) is 18.2 Å². The summed E-state index contributed by atoms with van der Waals surface area (Å²) >= 11 is 0. The number of likely N-dealkylation sites (N-methyl/N-ethyl adjacent to an activating group) is 1. The molecule has 1 aliphatic heterocycles. The van der Waals surface area contributed by atoms with Gasteiger partial charge in [-0.25, -0.2) is 0 Å². The van der Waals surface area contributed by atoms with Crippen molar-refractivity contribution < 1.29 is 9.90 Å². The number of β-amino-alcohol motifs (C(OH)–C–C–N with tert-alkyl or cyclic N) is 1. The number of nitrogens with zero attached hydrogens (tertiary/aromatic N) is 2. The summed E-state index contributed by atoms with van der Waals surface area (Å²) < 4.78 is 0. The molecule has 0 saturated carbocycles. The molecule has 1 atom stereocenters. The molecule has 1 N–H and O–H groups in total. The zero-order valence-electron chi connectivity index (χ0n) is 14.5. The first kappa shape index (κ1) is 16.9. The topological polar surface area (TPSA) is 43.8 Å². The van der Waals surface area contributed by atoms with Crippen LogP contribution in [0.4, 0.5) is 0 Å². The number of hydrogen-bond donors (Lipinski definition) is 1. The SMILES string of the molecule is CN(C)C[C@@]1(O)CCCN(C(=O)Cc2cccc3ccccc23)C1. The molecule has 0 radical (unpaired) electrons. The Labute approximate surface area is 143 Å². The first-order valence-electron chi connectivity index (χ1n) is 8.58. The molecular weight excluding hydrogens is 300 g/mol. The highest BCUT2D eigenvalue weighted by Gasteiger charge is 2.35. The fourth-order valence-electron chi connectivity index (χ4n) is 3.76. The first-order valence-corrected chi connectivity index (χ1v) is 8.58. The Bertz CT molecular complexity index is 723. The molecule has 0 aliphatic carbocycles. The number of likely N-dealkylation sites (tertiary alicyclic amines) is 1. The van der Waals surface area contributed by atoms with E-state index >= 15 is 0 Å². The Kier molecular flexibility index (Phi) is 4.88. The van der Waals surface area contributed by atoms with Gasteiger partial charge in [-0.1, -0.05) is 42.5 Å². The molecule has 0 spiro atoms. The maximum atomic E-state index is 12.8. The number of amides is 1. The van der Waals surface area contributed by atoms with Crippen LogP contribution in [-0.4, -0.2) is 60.1 Å². The van der Waals surface area contributed by atoms with Crippen LogP contribution in [-0.2, 0) is 11.2 Å². The first-order chi connectivity index (χ1) is 11.5. The summed E-state index contributed by atoms with van der Waals surface area (Å²) in [6, 6.07) is 14.3. The van der Waals surface area contributed by atoms with Gasteiger partial charge in [0.2, 0.25) is 5.91 Å². The van der Waals surface area contributed by atoms with Crippen molar-refractivity contribution in [3.8, 4) is 0 Å². The fourth-order valence-corrected chi connectivity index (χ4v) is 3.76. The van der Waals surface area contributed by atoms with Crippen molar-refractivity contribution >= 4 is 16.7 Å². The van der Waals surface area contributed by atoms with Gasteiger partial charge in [-0.3, -0.25) is 4.79 Å². The third-order valence-electron chi connectivity index (χ3n) is 4.74. The minimum atomic E-state index is -0.795. The zero-order chi connectivity index (χ0) is 17.2. The number of aliphatic hydroxyl groups is 1. The quantitative estimate of drug-likeness (QED) is 0.937. The van der Waals surface area contributed by atoms with E-state index in [0.29, 0.717) is 19.5 Å². The summed E-state index contributed by atoms with van der Waals surface area (Å²) in [6.07, 6.45) is 1.99.